The Labute approximate surface area is 128 Å². The van der Waals surface area contributed by atoms with E-state index in [0.29, 0.717) is 4.47 Å². The molecule has 0 spiro atoms. The van der Waals surface area contributed by atoms with Crippen LogP contribution >= 0.6 is 15.9 Å². The minimum absolute atomic E-state index is 0.0788. The highest BCUT2D eigenvalue weighted by molar-refractivity contribution is 9.10. The second-order valence-corrected chi connectivity index (χ2v) is 4.99. The molecule has 2 aromatic rings. The fourth-order valence-electron chi connectivity index (χ4n) is 1.69. The number of hydrogen-bond acceptors (Lipinski definition) is 3. The topological polar surface area (TPSA) is 35.5 Å². The maximum Gasteiger partial charge on any atom is 0.204 e. The number of ketones is 1. The van der Waals surface area contributed by atoms with E-state index >= 15 is 0 Å². The number of benzene rings is 2. The smallest absolute Gasteiger partial charge is 0.204 e. The summed E-state index contributed by atoms with van der Waals surface area (Å²) < 4.78 is 37.0. The first-order valence-electron chi connectivity index (χ1n) is 5.96. The summed E-state index contributed by atoms with van der Waals surface area (Å²) in [7, 11) is 1.38. The number of halogens is 3. The van der Waals surface area contributed by atoms with Crippen LogP contribution < -0.4 is 9.47 Å². The molecule has 0 aromatic heterocycles. The molecule has 2 aromatic carbocycles. The molecule has 2 rings (SSSR count). The van der Waals surface area contributed by atoms with Crippen molar-refractivity contribution in [3.63, 3.8) is 0 Å². The normalized spacial score (nSPS) is 10.3. The van der Waals surface area contributed by atoms with Crippen LogP contribution in [0.15, 0.2) is 40.9 Å². The van der Waals surface area contributed by atoms with E-state index in [-0.39, 0.29) is 23.7 Å². The Balaban J connectivity index is 2.11. The van der Waals surface area contributed by atoms with Crippen molar-refractivity contribution < 1.29 is 23.0 Å². The molecule has 0 N–H and O–H groups in total. The van der Waals surface area contributed by atoms with Crippen molar-refractivity contribution in [2.75, 3.05) is 13.7 Å². The van der Waals surface area contributed by atoms with E-state index in [0.717, 1.165) is 12.1 Å². The van der Waals surface area contributed by atoms with E-state index in [9.17, 15) is 13.6 Å². The molecule has 0 unspecified atom stereocenters. The van der Waals surface area contributed by atoms with Gasteiger partial charge in [-0.1, -0.05) is 0 Å². The number of rotatable bonds is 5. The zero-order valence-electron chi connectivity index (χ0n) is 11.0. The van der Waals surface area contributed by atoms with Crippen LogP contribution in [0.25, 0.3) is 0 Å². The second kappa shape index (κ2) is 6.67. The summed E-state index contributed by atoms with van der Waals surface area (Å²) in [6, 6.07) is 7.77. The van der Waals surface area contributed by atoms with Crippen molar-refractivity contribution in [3.05, 3.63) is 58.1 Å². The predicted octanol–water partition coefficient (Wildman–Crippen LogP) is 4.00. The zero-order chi connectivity index (χ0) is 15.4. The monoisotopic (exact) mass is 356 g/mol. The van der Waals surface area contributed by atoms with Gasteiger partial charge in [0.25, 0.3) is 0 Å². The highest BCUT2D eigenvalue weighted by Gasteiger charge is 2.14. The van der Waals surface area contributed by atoms with Crippen molar-refractivity contribution in [1.82, 2.24) is 0 Å². The van der Waals surface area contributed by atoms with Gasteiger partial charge in [-0.3, -0.25) is 4.79 Å². The molecule has 0 aliphatic rings. The van der Waals surface area contributed by atoms with Gasteiger partial charge in [0.1, 0.15) is 23.1 Å². The molecule has 0 aliphatic carbocycles. The van der Waals surface area contributed by atoms with Crippen LogP contribution in [-0.2, 0) is 0 Å². The summed E-state index contributed by atoms with van der Waals surface area (Å²) in [5.41, 5.74) is 0.0788. The molecule has 0 saturated heterocycles. The third kappa shape index (κ3) is 3.78. The van der Waals surface area contributed by atoms with Crippen LogP contribution in [0, 0.1) is 11.6 Å². The van der Waals surface area contributed by atoms with Crippen molar-refractivity contribution in [3.8, 4) is 11.5 Å². The fraction of sp³-hybridized carbons (Fsp3) is 0.133. The van der Waals surface area contributed by atoms with Crippen molar-refractivity contribution in [2.24, 2.45) is 0 Å². The average Bonchev–Trinajstić information content (AvgIpc) is 2.48. The van der Waals surface area contributed by atoms with E-state index in [1.165, 1.54) is 31.4 Å². The number of carbonyl (C=O) groups is 1. The summed E-state index contributed by atoms with van der Waals surface area (Å²) in [6.45, 7) is -0.346. The molecule has 0 fully saturated rings. The molecule has 0 atom stereocenters. The lowest BCUT2D eigenvalue weighted by Crippen LogP contribution is -2.13. The van der Waals surface area contributed by atoms with Gasteiger partial charge in [-0.25, -0.2) is 8.78 Å². The van der Waals surface area contributed by atoms with Gasteiger partial charge in [0.05, 0.1) is 17.1 Å². The molecule has 0 radical (unpaired) electrons. The Morgan fingerprint density at radius 2 is 1.95 bits per heavy atom. The maximum atomic E-state index is 13.3. The third-order valence-electron chi connectivity index (χ3n) is 2.72. The Morgan fingerprint density at radius 1 is 1.19 bits per heavy atom. The van der Waals surface area contributed by atoms with Crippen LogP contribution in [0.2, 0.25) is 0 Å². The Bertz CT molecular complexity index is 674. The third-order valence-corrected chi connectivity index (χ3v) is 3.37. The van der Waals surface area contributed by atoms with Gasteiger partial charge in [-0.05, 0) is 46.3 Å². The van der Waals surface area contributed by atoms with E-state index in [4.69, 9.17) is 9.47 Å². The SMILES string of the molecule is COc1ccc(F)cc1C(=O)COc1ccc(Br)c(F)c1. The largest absolute Gasteiger partial charge is 0.496 e. The van der Waals surface area contributed by atoms with Gasteiger partial charge in [-0.2, -0.15) is 0 Å². The molecule has 0 bridgehead atoms. The fourth-order valence-corrected chi connectivity index (χ4v) is 1.94. The molecule has 21 heavy (non-hydrogen) atoms. The molecule has 0 heterocycles. The quantitative estimate of drug-likeness (QED) is 0.759. The first-order valence-corrected chi connectivity index (χ1v) is 6.75. The van der Waals surface area contributed by atoms with Crippen LogP contribution in [0.1, 0.15) is 10.4 Å². The highest BCUT2D eigenvalue weighted by Crippen LogP contribution is 2.23. The first kappa shape index (κ1) is 15.4. The zero-order valence-corrected chi connectivity index (χ0v) is 12.6. The average molecular weight is 357 g/mol. The van der Waals surface area contributed by atoms with E-state index in [2.05, 4.69) is 15.9 Å². The Morgan fingerprint density at radius 3 is 2.62 bits per heavy atom. The Hall–Kier alpha value is -1.95. The maximum absolute atomic E-state index is 13.3. The van der Waals surface area contributed by atoms with Crippen molar-refractivity contribution in [2.45, 2.75) is 0 Å². The van der Waals surface area contributed by atoms with E-state index in [1.54, 1.807) is 0 Å². The summed E-state index contributed by atoms with van der Waals surface area (Å²) in [5.74, 6) is -1.04. The van der Waals surface area contributed by atoms with Crippen LogP contribution in [0.5, 0.6) is 11.5 Å². The van der Waals surface area contributed by atoms with Gasteiger partial charge < -0.3 is 9.47 Å². The van der Waals surface area contributed by atoms with Gasteiger partial charge in [-0.15, -0.1) is 0 Å². The molecule has 0 aliphatic heterocycles. The Kier molecular flexibility index (Phi) is 4.90. The molecule has 3 nitrogen and oxygen atoms in total. The first-order chi connectivity index (χ1) is 10.0. The molecular weight excluding hydrogens is 346 g/mol. The standard InChI is InChI=1S/C15H11BrF2O3/c1-20-15-5-2-9(17)6-11(15)14(19)8-21-10-3-4-12(16)13(18)7-10/h2-7H,8H2,1H3. The van der Waals surface area contributed by atoms with Crippen LogP contribution in [0.4, 0.5) is 8.78 Å². The number of hydrogen-bond donors (Lipinski definition) is 0. The second-order valence-electron chi connectivity index (χ2n) is 4.13. The van der Waals surface area contributed by atoms with Crippen LogP contribution in [0.3, 0.4) is 0 Å². The number of ether oxygens (including phenoxy) is 2. The molecule has 0 amide bonds. The lowest BCUT2D eigenvalue weighted by atomic mass is 10.1. The summed E-state index contributed by atoms with van der Waals surface area (Å²) in [5, 5.41) is 0. The van der Waals surface area contributed by atoms with Crippen molar-refractivity contribution in [1.29, 1.82) is 0 Å². The van der Waals surface area contributed by atoms with Gasteiger partial charge in [0, 0.05) is 6.07 Å². The lowest BCUT2D eigenvalue weighted by Gasteiger charge is -2.09. The van der Waals surface area contributed by atoms with Gasteiger partial charge >= 0.3 is 0 Å². The van der Waals surface area contributed by atoms with Gasteiger partial charge in [0.15, 0.2) is 6.61 Å². The number of carbonyl (C=O) groups excluding carboxylic acids is 1. The summed E-state index contributed by atoms with van der Waals surface area (Å²) in [4.78, 5) is 12.0. The van der Waals surface area contributed by atoms with Gasteiger partial charge in [0.2, 0.25) is 5.78 Å². The lowest BCUT2D eigenvalue weighted by molar-refractivity contribution is 0.0917. The summed E-state index contributed by atoms with van der Waals surface area (Å²) >= 11 is 3.02. The van der Waals surface area contributed by atoms with Crippen LogP contribution in [-0.4, -0.2) is 19.5 Å². The van der Waals surface area contributed by atoms with E-state index in [1.807, 2.05) is 0 Å². The number of Topliss-reactive ketones (excluding diaryl/α,β-unsaturated/α-hetero) is 1. The number of methoxy groups -OCH3 is 1. The predicted molar refractivity (Wildman–Crippen MR) is 76.9 cm³/mol. The van der Waals surface area contributed by atoms with E-state index < -0.39 is 17.4 Å². The molecule has 110 valence electrons. The van der Waals surface area contributed by atoms with Crippen molar-refractivity contribution >= 4 is 21.7 Å². The molecule has 0 saturated carbocycles. The minimum atomic E-state index is -0.547. The molecular formula is C15H11BrF2O3. The minimum Gasteiger partial charge on any atom is -0.496 e. The highest BCUT2D eigenvalue weighted by atomic mass is 79.9. The molecule has 6 heteroatoms. The summed E-state index contributed by atoms with van der Waals surface area (Å²) in [6.07, 6.45) is 0.